The fourth-order valence-electron chi connectivity index (χ4n) is 4.27. The van der Waals surface area contributed by atoms with Crippen LogP contribution in [0.3, 0.4) is 0 Å². The van der Waals surface area contributed by atoms with Crippen LogP contribution in [0.2, 0.25) is 0 Å². The van der Waals surface area contributed by atoms with E-state index in [0.717, 1.165) is 44.3 Å². The molecule has 32 heavy (non-hydrogen) atoms. The number of aromatic nitrogens is 1. The molecule has 8 nitrogen and oxygen atoms in total. The van der Waals surface area contributed by atoms with E-state index in [1.165, 1.54) is 0 Å². The van der Waals surface area contributed by atoms with E-state index in [-0.39, 0.29) is 17.8 Å². The van der Waals surface area contributed by atoms with Gasteiger partial charge in [-0.1, -0.05) is 0 Å². The van der Waals surface area contributed by atoms with Crippen molar-refractivity contribution in [2.75, 3.05) is 40.5 Å². The standard InChI is InChI=1S/C23H31N3O5S/c1-28-20-10-15-9-16(22(27)25-19(15)11-21(20)29-2)13-26(14-18-6-4-8-31-18)23(32)24-12-17-5-3-7-30-17/h9-11,17-18H,3-8,12-14H2,1-2H3,(H,24,32)(H,25,27). The first-order valence-corrected chi connectivity index (χ1v) is 11.5. The third-order valence-corrected chi connectivity index (χ3v) is 6.43. The minimum Gasteiger partial charge on any atom is -0.493 e. The first-order valence-electron chi connectivity index (χ1n) is 11.1. The van der Waals surface area contributed by atoms with Gasteiger partial charge in [0.15, 0.2) is 16.6 Å². The van der Waals surface area contributed by atoms with Crippen molar-refractivity contribution in [3.63, 3.8) is 0 Å². The van der Waals surface area contributed by atoms with E-state index in [2.05, 4.69) is 10.3 Å². The molecule has 0 bridgehead atoms. The quantitative estimate of drug-likeness (QED) is 0.581. The maximum Gasteiger partial charge on any atom is 0.253 e. The van der Waals surface area contributed by atoms with E-state index in [1.54, 1.807) is 20.3 Å². The summed E-state index contributed by atoms with van der Waals surface area (Å²) in [6, 6.07) is 5.53. The second kappa shape index (κ2) is 10.5. The summed E-state index contributed by atoms with van der Waals surface area (Å²) < 4.78 is 22.3. The molecule has 2 aliphatic rings. The summed E-state index contributed by atoms with van der Waals surface area (Å²) in [4.78, 5) is 17.9. The number of hydrogen-bond acceptors (Lipinski definition) is 6. The summed E-state index contributed by atoms with van der Waals surface area (Å²) >= 11 is 5.71. The van der Waals surface area contributed by atoms with E-state index in [1.807, 2.05) is 17.0 Å². The topological polar surface area (TPSA) is 85.1 Å². The molecule has 9 heteroatoms. The molecule has 1 aromatic carbocycles. The number of thiocarbonyl (C=S) groups is 1. The summed E-state index contributed by atoms with van der Waals surface area (Å²) in [7, 11) is 3.17. The number of H-pyrrole nitrogens is 1. The number of ether oxygens (including phenoxy) is 4. The number of methoxy groups -OCH3 is 2. The predicted molar refractivity (Wildman–Crippen MR) is 127 cm³/mol. The van der Waals surface area contributed by atoms with Crippen molar-refractivity contribution >= 4 is 28.2 Å². The molecular weight excluding hydrogens is 430 g/mol. The Hall–Kier alpha value is -2.36. The van der Waals surface area contributed by atoms with Gasteiger partial charge in [-0.3, -0.25) is 4.79 Å². The van der Waals surface area contributed by atoms with Crippen LogP contribution in [0.15, 0.2) is 23.0 Å². The first kappa shape index (κ1) is 22.8. The van der Waals surface area contributed by atoms with Crippen LogP contribution < -0.4 is 20.3 Å². The minimum absolute atomic E-state index is 0.112. The van der Waals surface area contributed by atoms with Crippen LogP contribution in [-0.2, 0) is 16.0 Å². The number of hydrogen-bond donors (Lipinski definition) is 2. The lowest BCUT2D eigenvalue weighted by atomic mass is 10.1. The van der Waals surface area contributed by atoms with Crippen LogP contribution in [0.25, 0.3) is 10.9 Å². The number of nitrogens with one attached hydrogen (secondary N) is 2. The molecule has 4 rings (SSSR count). The van der Waals surface area contributed by atoms with E-state index in [0.29, 0.717) is 47.3 Å². The normalized spacial score (nSPS) is 20.4. The number of fused-ring (bicyclic) bond motifs is 1. The van der Waals surface area contributed by atoms with Gasteiger partial charge in [-0.2, -0.15) is 0 Å². The van der Waals surface area contributed by atoms with Crippen molar-refractivity contribution in [3.8, 4) is 11.5 Å². The van der Waals surface area contributed by atoms with Crippen LogP contribution in [-0.4, -0.2) is 67.7 Å². The molecule has 174 valence electrons. The zero-order valence-electron chi connectivity index (χ0n) is 18.6. The summed E-state index contributed by atoms with van der Waals surface area (Å²) in [5.74, 6) is 1.19. The van der Waals surface area contributed by atoms with E-state index < -0.39 is 0 Å². The fraction of sp³-hybridized carbons (Fsp3) is 0.565. The molecule has 2 fully saturated rings. The maximum atomic E-state index is 12.9. The summed E-state index contributed by atoms with van der Waals surface area (Å²) in [6.45, 7) is 3.27. The Morgan fingerprint density at radius 1 is 1.12 bits per heavy atom. The van der Waals surface area contributed by atoms with Crippen molar-refractivity contribution in [2.45, 2.75) is 44.4 Å². The predicted octanol–water partition coefficient (Wildman–Crippen LogP) is 2.58. The Balaban J connectivity index is 1.55. The van der Waals surface area contributed by atoms with Crippen molar-refractivity contribution in [1.29, 1.82) is 0 Å². The zero-order valence-corrected chi connectivity index (χ0v) is 19.5. The van der Waals surface area contributed by atoms with Crippen molar-refractivity contribution < 1.29 is 18.9 Å². The Kier molecular flexibility index (Phi) is 7.49. The van der Waals surface area contributed by atoms with Crippen LogP contribution in [0.4, 0.5) is 0 Å². The summed E-state index contributed by atoms with van der Waals surface area (Å²) in [6.07, 6.45) is 4.46. The Morgan fingerprint density at radius 2 is 1.81 bits per heavy atom. The van der Waals surface area contributed by atoms with E-state index in [4.69, 9.17) is 31.2 Å². The molecule has 0 aliphatic carbocycles. The Labute approximate surface area is 193 Å². The molecule has 2 N–H and O–H groups in total. The lowest BCUT2D eigenvalue weighted by molar-refractivity contribution is 0.0885. The average molecular weight is 462 g/mol. The van der Waals surface area contributed by atoms with Gasteiger partial charge in [-0.25, -0.2) is 0 Å². The largest absolute Gasteiger partial charge is 0.493 e. The van der Waals surface area contributed by atoms with Gasteiger partial charge in [0.05, 0.1) is 38.5 Å². The molecule has 0 amide bonds. The molecule has 0 saturated carbocycles. The first-order chi connectivity index (χ1) is 15.6. The van der Waals surface area contributed by atoms with Crippen LogP contribution in [0.5, 0.6) is 11.5 Å². The van der Waals surface area contributed by atoms with Gasteiger partial charge in [-0.05, 0) is 50.0 Å². The van der Waals surface area contributed by atoms with Gasteiger partial charge in [-0.15, -0.1) is 0 Å². The van der Waals surface area contributed by atoms with Crippen LogP contribution in [0, 0.1) is 0 Å². The average Bonchev–Trinajstić information content (AvgIpc) is 3.51. The second-order valence-corrected chi connectivity index (χ2v) is 8.64. The molecular formula is C23H31N3O5S. The highest BCUT2D eigenvalue weighted by atomic mass is 32.1. The van der Waals surface area contributed by atoms with Gasteiger partial charge in [0.2, 0.25) is 0 Å². The summed E-state index contributed by atoms with van der Waals surface area (Å²) in [5.41, 5.74) is 1.18. The molecule has 3 heterocycles. The smallest absolute Gasteiger partial charge is 0.253 e. The van der Waals surface area contributed by atoms with Gasteiger partial charge in [0, 0.05) is 43.3 Å². The van der Waals surface area contributed by atoms with Gasteiger partial charge in [0.25, 0.3) is 5.56 Å². The molecule has 2 aliphatic heterocycles. The zero-order chi connectivity index (χ0) is 22.5. The molecule has 2 saturated heterocycles. The maximum absolute atomic E-state index is 12.9. The number of nitrogens with zero attached hydrogens (tertiary/aromatic N) is 1. The minimum atomic E-state index is -0.149. The molecule has 0 spiro atoms. The number of rotatable bonds is 8. The summed E-state index contributed by atoms with van der Waals surface area (Å²) in [5, 5.41) is 4.82. The highest BCUT2D eigenvalue weighted by Crippen LogP contribution is 2.31. The van der Waals surface area contributed by atoms with Crippen molar-refractivity contribution in [2.24, 2.45) is 0 Å². The lowest BCUT2D eigenvalue weighted by Crippen LogP contribution is -2.45. The number of aromatic amines is 1. The number of pyridine rings is 1. The Morgan fingerprint density at radius 3 is 2.47 bits per heavy atom. The Bertz CT molecular complexity index is 999. The van der Waals surface area contributed by atoms with Crippen LogP contribution in [0.1, 0.15) is 31.2 Å². The monoisotopic (exact) mass is 461 g/mol. The van der Waals surface area contributed by atoms with Gasteiger partial charge in [0.1, 0.15) is 0 Å². The SMILES string of the molecule is COc1cc2cc(CN(CC3CCCO3)C(=S)NCC3CCCO3)c(=O)[nH]c2cc1OC. The number of benzene rings is 1. The molecule has 2 atom stereocenters. The third-order valence-electron chi connectivity index (χ3n) is 6.03. The van der Waals surface area contributed by atoms with Crippen molar-refractivity contribution in [3.05, 3.63) is 34.1 Å². The second-order valence-electron chi connectivity index (χ2n) is 8.25. The highest BCUT2D eigenvalue weighted by Gasteiger charge is 2.23. The molecule has 0 radical (unpaired) electrons. The van der Waals surface area contributed by atoms with Crippen molar-refractivity contribution in [1.82, 2.24) is 15.2 Å². The van der Waals surface area contributed by atoms with E-state index in [9.17, 15) is 4.79 Å². The molecule has 2 unspecified atom stereocenters. The highest BCUT2D eigenvalue weighted by molar-refractivity contribution is 7.80. The van der Waals surface area contributed by atoms with Crippen LogP contribution >= 0.6 is 12.2 Å². The molecule has 2 aromatic rings. The van der Waals surface area contributed by atoms with E-state index >= 15 is 0 Å². The molecule has 1 aromatic heterocycles. The van der Waals surface area contributed by atoms with Gasteiger partial charge < -0.3 is 34.1 Å². The fourth-order valence-corrected chi connectivity index (χ4v) is 4.50. The van der Waals surface area contributed by atoms with Gasteiger partial charge >= 0.3 is 0 Å². The third kappa shape index (κ3) is 5.33. The lowest BCUT2D eigenvalue weighted by Gasteiger charge is -2.28.